The van der Waals surface area contributed by atoms with E-state index in [1.165, 1.54) is 42.4 Å². The first-order valence-corrected chi connectivity index (χ1v) is 7.27. The van der Waals surface area contributed by atoms with Gasteiger partial charge < -0.3 is 5.32 Å². The lowest BCUT2D eigenvalue weighted by molar-refractivity contribution is 0.444. The lowest BCUT2D eigenvalue weighted by atomic mass is 9.84. The molecule has 3 heteroatoms. The van der Waals surface area contributed by atoms with Crippen molar-refractivity contribution < 1.29 is 0 Å². The van der Waals surface area contributed by atoms with E-state index in [0.29, 0.717) is 0 Å². The first kappa shape index (κ1) is 11.0. The molecule has 0 bridgehead atoms. The van der Waals surface area contributed by atoms with Crippen LogP contribution in [-0.4, -0.2) is 12.0 Å². The molecule has 90 valence electrons. The van der Waals surface area contributed by atoms with Gasteiger partial charge in [0.05, 0.1) is 10.2 Å². The zero-order valence-corrected chi connectivity index (χ0v) is 11.0. The minimum atomic E-state index is 0.785. The van der Waals surface area contributed by atoms with E-state index in [2.05, 4.69) is 28.5 Å². The molecule has 1 saturated carbocycles. The Hall–Kier alpha value is -1.09. The van der Waals surface area contributed by atoms with E-state index in [1.54, 1.807) is 11.3 Å². The fourth-order valence-corrected chi connectivity index (χ4v) is 3.61. The standard InChI is InChI=1S/C14H18N2S/c1-15-14-16-12-8-7-11(9-13(12)17-14)10-5-3-2-4-6-10/h7-10H,2-6H2,1H3,(H,15,16). The van der Waals surface area contributed by atoms with Crippen molar-refractivity contribution in [1.82, 2.24) is 4.98 Å². The molecule has 1 aromatic carbocycles. The van der Waals surface area contributed by atoms with Crippen molar-refractivity contribution in [3.63, 3.8) is 0 Å². The van der Waals surface area contributed by atoms with Crippen LogP contribution in [0, 0.1) is 0 Å². The van der Waals surface area contributed by atoms with Crippen molar-refractivity contribution >= 4 is 26.7 Å². The molecule has 1 fully saturated rings. The maximum absolute atomic E-state index is 4.52. The Kier molecular flexibility index (Phi) is 3.02. The van der Waals surface area contributed by atoms with E-state index in [9.17, 15) is 0 Å². The molecule has 1 aliphatic rings. The van der Waals surface area contributed by atoms with Gasteiger partial charge in [-0.05, 0) is 36.5 Å². The second-order valence-electron chi connectivity index (χ2n) is 4.83. The van der Waals surface area contributed by atoms with Crippen LogP contribution in [0.25, 0.3) is 10.2 Å². The second kappa shape index (κ2) is 4.65. The fraction of sp³-hybridized carbons (Fsp3) is 0.500. The highest BCUT2D eigenvalue weighted by atomic mass is 32.1. The van der Waals surface area contributed by atoms with Gasteiger partial charge >= 0.3 is 0 Å². The summed E-state index contributed by atoms with van der Waals surface area (Å²) < 4.78 is 1.32. The third kappa shape index (κ3) is 2.16. The van der Waals surface area contributed by atoms with E-state index in [0.717, 1.165) is 16.6 Å². The van der Waals surface area contributed by atoms with Crippen LogP contribution in [0.1, 0.15) is 43.6 Å². The molecule has 0 aliphatic heterocycles. The van der Waals surface area contributed by atoms with Gasteiger partial charge in [-0.1, -0.05) is 36.7 Å². The summed E-state index contributed by atoms with van der Waals surface area (Å²) in [7, 11) is 1.93. The van der Waals surface area contributed by atoms with Crippen molar-refractivity contribution in [2.45, 2.75) is 38.0 Å². The molecule has 1 N–H and O–H groups in total. The molecule has 1 aromatic heterocycles. The second-order valence-corrected chi connectivity index (χ2v) is 5.86. The normalized spacial score (nSPS) is 17.5. The summed E-state index contributed by atoms with van der Waals surface area (Å²) in [5.74, 6) is 0.785. The van der Waals surface area contributed by atoms with E-state index in [4.69, 9.17) is 0 Å². The predicted molar refractivity (Wildman–Crippen MR) is 75.0 cm³/mol. The first-order valence-electron chi connectivity index (χ1n) is 6.45. The van der Waals surface area contributed by atoms with Crippen LogP contribution in [0.2, 0.25) is 0 Å². The van der Waals surface area contributed by atoms with Crippen LogP contribution < -0.4 is 5.32 Å². The van der Waals surface area contributed by atoms with Crippen LogP contribution in [0.4, 0.5) is 5.13 Å². The zero-order chi connectivity index (χ0) is 11.7. The Morgan fingerprint density at radius 3 is 2.82 bits per heavy atom. The molecule has 3 rings (SSSR count). The number of benzene rings is 1. The molecule has 2 aromatic rings. The van der Waals surface area contributed by atoms with Crippen LogP contribution in [-0.2, 0) is 0 Å². The molecule has 2 nitrogen and oxygen atoms in total. The summed E-state index contributed by atoms with van der Waals surface area (Å²) in [4.78, 5) is 4.52. The number of nitrogens with one attached hydrogen (secondary N) is 1. The number of rotatable bonds is 2. The Labute approximate surface area is 106 Å². The van der Waals surface area contributed by atoms with E-state index >= 15 is 0 Å². The van der Waals surface area contributed by atoms with Crippen molar-refractivity contribution in [2.24, 2.45) is 0 Å². The minimum absolute atomic E-state index is 0.785. The monoisotopic (exact) mass is 246 g/mol. The average Bonchev–Trinajstić information content (AvgIpc) is 2.81. The van der Waals surface area contributed by atoms with Crippen LogP contribution in [0.5, 0.6) is 0 Å². The predicted octanol–water partition coefficient (Wildman–Crippen LogP) is 4.39. The van der Waals surface area contributed by atoms with Crippen molar-refractivity contribution in [3.8, 4) is 0 Å². The molecule has 0 unspecified atom stereocenters. The van der Waals surface area contributed by atoms with Gasteiger partial charge in [0.1, 0.15) is 0 Å². The number of aromatic nitrogens is 1. The van der Waals surface area contributed by atoms with Crippen molar-refractivity contribution in [2.75, 3.05) is 12.4 Å². The van der Waals surface area contributed by atoms with Gasteiger partial charge in [-0.3, -0.25) is 0 Å². The largest absolute Gasteiger partial charge is 0.365 e. The van der Waals surface area contributed by atoms with Gasteiger partial charge in [0.15, 0.2) is 5.13 Å². The molecule has 1 heterocycles. The molecule has 0 amide bonds. The summed E-state index contributed by atoms with van der Waals surface area (Å²) in [6, 6.07) is 6.80. The smallest absolute Gasteiger partial charge is 0.183 e. The zero-order valence-electron chi connectivity index (χ0n) is 10.2. The lowest BCUT2D eigenvalue weighted by Crippen LogP contribution is -2.03. The summed E-state index contributed by atoms with van der Waals surface area (Å²) in [6.07, 6.45) is 6.94. The van der Waals surface area contributed by atoms with Crippen LogP contribution >= 0.6 is 11.3 Å². The van der Waals surface area contributed by atoms with Gasteiger partial charge in [0.2, 0.25) is 0 Å². The quantitative estimate of drug-likeness (QED) is 0.850. The Morgan fingerprint density at radius 2 is 2.06 bits per heavy atom. The average molecular weight is 246 g/mol. The highest BCUT2D eigenvalue weighted by molar-refractivity contribution is 7.22. The van der Waals surface area contributed by atoms with Gasteiger partial charge in [-0.25, -0.2) is 4.98 Å². The maximum atomic E-state index is 4.52. The van der Waals surface area contributed by atoms with E-state index < -0.39 is 0 Å². The highest BCUT2D eigenvalue weighted by Crippen LogP contribution is 2.35. The molecule has 1 aliphatic carbocycles. The molecule has 0 saturated heterocycles. The number of hydrogen-bond donors (Lipinski definition) is 1. The Morgan fingerprint density at radius 1 is 1.24 bits per heavy atom. The summed E-state index contributed by atoms with van der Waals surface area (Å²) >= 11 is 1.75. The number of nitrogens with zero attached hydrogens (tertiary/aromatic N) is 1. The van der Waals surface area contributed by atoms with Gasteiger partial charge in [-0.15, -0.1) is 0 Å². The first-order chi connectivity index (χ1) is 8.36. The van der Waals surface area contributed by atoms with Crippen molar-refractivity contribution in [3.05, 3.63) is 23.8 Å². The van der Waals surface area contributed by atoms with E-state index in [1.807, 2.05) is 7.05 Å². The highest BCUT2D eigenvalue weighted by Gasteiger charge is 2.16. The molecule has 17 heavy (non-hydrogen) atoms. The lowest BCUT2D eigenvalue weighted by Gasteiger charge is -2.21. The number of fused-ring (bicyclic) bond motifs is 1. The molecular formula is C14H18N2S. The summed E-state index contributed by atoms with van der Waals surface area (Å²) in [5, 5.41) is 4.14. The van der Waals surface area contributed by atoms with Crippen LogP contribution in [0.15, 0.2) is 18.2 Å². The number of anilines is 1. The van der Waals surface area contributed by atoms with Gasteiger partial charge in [0.25, 0.3) is 0 Å². The Balaban J connectivity index is 1.94. The number of hydrogen-bond acceptors (Lipinski definition) is 3. The molecule has 0 radical (unpaired) electrons. The van der Waals surface area contributed by atoms with Crippen molar-refractivity contribution in [1.29, 1.82) is 0 Å². The van der Waals surface area contributed by atoms with E-state index in [-0.39, 0.29) is 0 Å². The van der Waals surface area contributed by atoms with Gasteiger partial charge in [0, 0.05) is 7.05 Å². The topological polar surface area (TPSA) is 24.9 Å². The molecule has 0 spiro atoms. The third-order valence-electron chi connectivity index (χ3n) is 3.70. The fourth-order valence-electron chi connectivity index (χ4n) is 2.74. The number of thiazole rings is 1. The maximum Gasteiger partial charge on any atom is 0.183 e. The molecular weight excluding hydrogens is 228 g/mol. The van der Waals surface area contributed by atoms with Gasteiger partial charge in [-0.2, -0.15) is 0 Å². The third-order valence-corrected chi connectivity index (χ3v) is 4.74. The molecule has 0 atom stereocenters. The Bertz CT molecular complexity index is 512. The van der Waals surface area contributed by atoms with Crippen LogP contribution in [0.3, 0.4) is 0 Å². The summed E-state index contributed by atoms with van der Waals surface area (Å²) in [5.41, 5.74) is 2.64. The summed E-state index contributed by atoms with van der Waals surface area (Å²) in [6.45, 7) is 0. The minimum Gasteiger partial charge on any atom is -0.365 e. The SMILES string of the molecule is CNc1nc2ccc(C3CCCCC3)cc2s1.